The van der Waals surface area contributed by atoms with Crippen molar-refractivity contribution in [3.8, 4) is 0 Å². The molecule has 0 amide bonds. The van der Waals surface area contributed by atoms with Crippen molar-refractivity contribution >= 4 is 15.6 Å². The van der Waals surface area contributed by atoms with Crippen molar-refractivity contribution < 1.29 is 13.2 Å². The second kappa shape index (κ2) is 3.44. The summed E-state index contributed by atoms with van der Waals surface area (Å²) >= 11 is 0. The van der Waals surface area contributed by atoms with Crippen molar-refractivity contribution in [1.82, 2.24) is 0 Å². The first kappa shape index (κ1) is 11.9. The van der Waals surface area contributed by atoms with Gasteiger partial charge in [0.05, 0.1) is 4.75 Å². The average Bonchev–Trinajstić information content (AvgIpc) is 2.20. The summed E-state index contributed by atoms with van der Waals surface area (Å²) in [6.45, 7) is 0. The molecule has 0 heterocycles. The molecule has 3 nitrogen and oxygen atoms in total. The molecule has 3 fully saturated rings. The number of Topliss-reactive ketones (excluding diaryl/α,β-unsaturated/α-hetero) is 1. The number of carbonyl (C=O) groups is 1. The van der Waals surface area contributed by atoms with Crippen LogP contribution in [0.5, 0.6) is 0 Å². The summed E-state index contributed by atoms with van der Waals surface area (Å²) in [6, 6.07) is 9.23. The Bertz CT molecular complexity index is 581. The first-order chi connectivity index (χ1) is 8.36. The molecule has 1 aromatic carbocycles. The van der Waals surface area contributed by atoms with Crippen LogP contribution in [0.4, 0.5) is 0 Å². The molecular formula is C14H16O3S. The van der Waals surface area contributed by atoms with Crippen LogP contribution in [0.1, 0.15) is 36.0 Å². The van der Waals surface area contributed by atoms with Crippen LogP contribution in [-0.2, 0) is 9.84 Å². The van der Waals surface area contributed by atoms with E-state index in [1.54, 1.807) is 0 Å². The van der Waals surface area contributed by atoms with Gasteiger partial charge in [-0.25, -0.2) is 8.42 Å². The quantitative estimate of drug-likeness (QED) is 0.784. The molecule has 0 radical (unpaired) electrons. The van der Waals surface area contributed by atoms with E-state index in [4.69, 9.17) is 0 Å². The summed E-state index contributed by atoms with van der Waals surface area (Å²) in [5, 5.41) is 0. The lowest BCUT2D eigenvalue weighted by atomic mass is 9.42. The number of hydrogen-bond acceptors (Lipinski definition) is 3. The number of benzene rings is 1. The molecule has 0 aromatic heterocycles. The van der Waals surface area contributed by atoms with E-state index < -0.39 is 14.6 Å². The Balaban J connectivity index is 1.67. The minimum Gasteiger partial charge on any atom is -0.294 e. The van der Waals surface area contributed by atoms with Crippen molar-refractivity contribution in [1.29, 1.82) is 0 Å². The van der Waals surface area contributed by atoms with Crippen LogP contribution in [0.15, 0.2) is 30.3 Å². The van der Waals surface area contributed by atoms with E-state index in [2.05, 4.69) is 0 Å². The Labute approximate surface area is 107 Å². The normalized spacial score (nSPS) is 33.4. The lowest BCUT2D eigenvalue weighted by molar-refractivity contribution is -0.0787. The fourth-order valence-corrected chi connectivity index (χ4v) is 5.25. The van der Waals surface area contributed by atoms with Gasteiger partial charge in [-0.3, -0.25) is 4.79 Å². The summed E-state index contributed by atoms with van der Waals surface area (Å²) in [6.07, 6.45) is 3.84. The molecule has 3 saturated carbocycles. The Morgan fingerprint density at radius 1 is 1.17 bits per heavy atom. The molecule has 3 aliphatic carbocycles. The van der Waals surface area contributed by atoms with Gasteiger partial charge >= 0.3 is 0 Å². The van der Waals surface area contributed by atoms with Gasteiger partial charge in [0.15, 0.2) is 15.6 Å². The first-order valence-electron chi connectivity index (χ1n) is 6.14. The Morgan fingerprint density at radius 2 is 1.72 bits per heavy atom. The van der Waals surface area contributed by atoms with Gasteiger partial charge in [0.25, 0.3) is 0 Å². The molecule has 0 aliphatic heterocycles. The van der Waals surface area contributed by atoms with Crippen LogP contribution in [0.3, 0.4) is 0 Å². The SMILES string of the molecule is CS(=O)(=O)C12CC(CC(=O)c3ccccc3)(C1)C2. The Kier molecular flexibility index (Phi) is 2.28. The lowest BCUT2D eigenvalue weighted by Crippen LogP contribution is -2.70. The maximum atomic E-state index is 12.1. The third kappa shape index (κ3) is 1.55. The van der Waals surface area contributed by atoms with Gasteiger partial charge in [0.1, 0.15) is 0 Å². The predicted octanol–water partition coefficient (Wildman–Crippen LogP) is 2.23. The number of carbonyl (C=O) groups excluding carboxylic acids is 1. The van der Waals surface area contributed by atoms with E-state index in [9.17, 15) is 13.2 Å². The highest BCUT2D eigenvalue weighted by Gasteiger charge is 2.72. The molecule has 0 atom stereocenters. The van der Waals surface area contributed by atoms with Crippen molar-refractivity contribution in [2.45, 2.75) is 30.4 Å². The van der Waals surface area contributed by atoms with Crippen LogP contribution >= 0.6 is 0 Å². The fraction of sp³-hybridized carbons (Fsp3) is 0.500. The lowest BCUT2D eigenvalue weighted by Gasteiger charge is -2.69. The van der Waals surface area contributed by atoms with Gasteiger partial charge in [-0.15, -0.1) is 0 Å². The number of rotatable bonds is 4. The molecular weight excluding hydrogens is 248 g/mol. The highest BCUT2D eigenvalue weighted by molar-refractivity contribution is 7.92. The van der Waals surface area contributed by atoms with E-state index in [-0.39, 0.29) is 11.2 Å². The molecule has 4 heteroatoms. The first-order valence-corrected chi connectivity index (χ1v) is 8.03. The minimum atomic E-state index is -2.95. The zero-order valence-electron chi connectivity index (χ0n) is 10.3. The van der Waals surface area contributed by atoms with E-state index in [0.29, 0.717) is 25.7 Å². The van der Waals surface area contributed by atoms with Crippen LogP contribution in [-0.4, -0.2) is 25.2 Å². The molecule has 18 heavy (non-hydrogen) atoms. The molecule has 2 bridgehead atoms. The molecule has 0 unspecified atom stereocenters. The van der Waals surface area contributed by atoms with E-state index in [0.717, 1.165) is 5.56 Å². The Hall–Kier alpha value is -1.16. The van der Waals surface area contributed by atoms with Crippen LogP contribution < -0.4 is 0 Å². The zero-order valence-corrected chi connectivity index (χ0v) is 11.2. The predicted molar refractivity (Wildman–Crippen MR) is 69.2 cm³/mol. The monoisotopic (exact) mass is 264 g/mol. The second-order valence-corrected chi connectivity index (χ2v) is 8.36. The number of hydrogen-bond donors (Lipinski definition) is 0. The standard InChI is InChI=1S/C14H16O3S/c1-18(16,17)14-8-13(9-14,10-14)7-12(15)11-5-3-2-4-6-11/h2-6H,7-10H2,1H3. The van der Waals surface area contributed by atoms with E-state index in [1.165, 1.54) is 6.26 Å². The number of ketones is 1. The topological polar surface area (TPSA) is 51.2 Å². The van der Waals surface area contributed by atoms with Gasteiger partial charge in [-0.2, -0.15) is 0 Å². The van der Waals surface area contributed by atoms with Gasteiger partial charge in [-0.05, 0) is 24.7 Å². The highest BCUT2D eigenvalue weighted by Crippen LogP contribution is 2.72. The minimum absolute atomic E-state index is 0.0179. The molecule has 0 saturated heterocycles. The highest BCUT2D eigenvalue weighted by atomic mass is 32.2. The van der Waals surface area contributed by atoms with Crippen LogP contribution in [0.2, 0.25) is 0 Å². The largest absolute Gasteiger partial charge is 0.294 e. The molecule has 1 aromatic rings. The fourth-order valence-electron chi connectivity index (χ4n) is 3.54. The smallest absolute Gasteiger partial charge is 0.163 e. The van der Waals surface area contributed by atoms with Gasteiger partial charge in [-0.1, -0.05) is 30.3 Å². The average molecular weight is 264 g/mol. The maximum Gasteiger partial charge on any atom is 0.163 e. The number of sulfone groups is 1. The molecule has 3 aliphatic rings. The van der Waals surface area contributed by atoms with E-state index in [1.807, 2.05) is 30.3 Å². The van der Waals surface area contributed by atoms with Crippen molar-refractivity contribution in [3.05, 3.63) is 35.9 Å². The van der Waals surface area contributed by atoms with Gasteiger partial charge in [0, 0.05) is 18.2 Å². The van der Waals surface area contributed by atoms with Crippen LogP contribution in [0.25, 0.3) is 0 Å². The van der Waals surface area contributed by atoms with Gasteiger partial charge in [0.2, 0.25) is 0 Å². The van der Waals surface area contributed by atoms with E-state index >= 15 is 0 Å². The Morgan fingerprint density at radius 3 is 2.22 bits per heavy atom. The van der Waals surface area contributed by atoms with Crippen molar-refractivity contribution in [3.63, 3.8) is 0 Å². The van der Waals surface area contributed by atoms with Gasteiger partial charge < -0.3 is 0 Å². The van der Waals surface area contributed by atoms with Crippen molar-refractivity contribution in [2.75, 3.05) is 6.26 Å². The molecule has 0 spiro atoms. The second-order valence-electron chi connectivity index (χ2n) is 5.95. The third-order valence-electron chi connectivity index (χ3n) is 4.51. The maximum absolute atomic E-state index is 12.1. The molecule has 0 N–H and O–H groups in total. The molecule has 96 valence electrons. The summed E-state index contributed by atoms with van der Waals surface area (Å²) in [4.78, 5) is 12.1. The third-order valence-corrected chi connectivity index (χ3v) is 6.52. The molecule has 4 rings (SSSR count). The summed E-state index contributed by atoms with van der Waals surface area (Å²) in [5.41, 5.74) is 0.714. The zero-order chi connectivity index (χ0) is 13.0. The summed E-state index contributed by atoms with van der Waals surface area (Å²) in [5.74, 6) is 0.136. The van der Waals surface area contributed by atoms with Crippen LogP contribution in [0, 0.1) is 5.41 Å². The van der Waals surface area contributed by atoms with Crippen molar-refractivity contribution in [2.24, 2.45) is 5.41 Å². The summed E-state index contributed by atoms with van der Waals surface area (Å²) < 4.78 is 22.7. The summed E-state index contributed by atoms with van der Waals surface area (Å²) in [7, 11) is -2.95.